The minimum Gasteiger partial charge on any atom is -0.478 e. The van der Waals surface area contributed by atoms with Crippen LogP contribution in [0.1, 0.15) is 27.0 Å². The van der Waals surface area contributed by atoms with Gasteiger partial charge in [-0.1, -0.05) is 18.2 Å². The predicted octanol–water partition coefficient (Wildman–Crippen LogP) is 7.23. The Hall–Kier alpha value is -4.13. The molecule has 1 heterocycles. The Balaban J connectivity index is 1.69. The van der Waals surface area contributed by atoms with Crippen molar-refractivity contribution in [3.05, 3.63) is 113 Å². The number of halogens is 4. The van der Waals surface area contributed by atoms with Gasteiger partial charge in [0.05, 0.1) is 22.2 Å². The van der Waals surface area contributed by atoms with E-state index in [0.717, 1.165) is 34.2 Å². The summed E-state index contributed by atoms with van der Waals surface area (Å²) in [6, 6.07) is 21.5. The number of aromatic carboxylic acids is 1. The van der Waals surface area contributed by atoms with Gasteiger partial charge in [-0.3, -0.25) is 0 Å². The minimum absolute atomic E-state index is 0.114. The lowest BCUT2D eigenvalue weighted by molar-refractivity contribution is -0.137. The third kappa shape index (κ3) is 3.90. The summed E-state index contributed by atoms with van der Waals surface area (Å²) in [5, 5.41) is 10.9. The molecule has 170 valence electrons. The van der Waals surface area contributed by atoms with E-state index in [1.807, 2.05) is 22.8 Å². The first-order valence-electron chi connectivity index (χ1n) is 10.4. The molecule has 0 spiro atoms. The molecule has 5 rings (SSSR count). The molecule has 1 aromatic heterocycles. The minimum atomic E-state index is -4.44. The van der Waals surface area contributed by atoms with Crippen molar-refractivity contribution in [2.75, 3.05) is 0 Å². The van der Waals surface area contributed by atoms with Crippen molar-refractivity contribution in [2.24, 2.45) is 0 Å². The van der Waals surface area contributed by atoms with Crippen molar-refractivity contribution in [2.45, 2.75) is 12.6 Å². The lowest BCUT2D eigenvalue weighted by Gasteiger charge is -2.11. The van der Waals surface area contributed by atoms with Crippen LogP contribution < -0.4 is 0 Å². The van der Waals surface area contributed by atoms with Crippen LogP contribution in [0.3, 0.4) is 0 Å². The standard InChI is InChI=1S/C27H17F4NO2/c28-20-7-1-16(2-8-20)13-17-3-11-24-22(14-17)23-15-18(26(33)34)4-12-25(23)32(24)21-9-5-19(6-10-21)27(29,30)31/h1-12,14-15H,13H2,(H,33,34). The molecule has 0 aliphatic heterocycles. The number of carboxylic acid groups (broad SMARTS) is 1. The van der Waals surface area contributed by atoms with Gasteiger partial charge in [-0.25, -0.2) is 9.18 Å². The van der Waals surface area contributed by atoms with Crippen LogP contribution in [0.5, 0.6) is 0 Å². The van der Waals surface area contributed by atoms with E-state index in [4.69, 9.17) is 0 Å². The van der Waals surface area contributed by atoms with Crippen molar-refractivity contribution < 1.29 is 27.5 Å². The maximum atomic E-state index is 13.3. The van der Waals surface area contributed by atoms with Crippen LogP contribution >= 0.6 is 0 Å². The Morgan fingerprint density at radius 2 is 1.35 bits per heavy atom. The summed E-state index contributed by atoms with van der Waals surface area (Å²) in [6.45, 7) is 0. The average molecular weight is 463 g/mol. The maximum absolute atomic E-state index is 13.3. The van der Waals surface area contributed by atoms with E-state index in [2.05, 4.69) is 0 Å². The molecule has 0 atom stereocenters. The number of carbonyl (C=O) groups is 1. The molecule has 0 aliphatic carbocycles. The van der Waals surface area contributed by atoms with Gasteiger partial charge < -0.3 is 9.67 Å². The molecule has 0 amide bonds. The number of nitrogens with zero attached hydrogens (tertiary/aromatic N) is 1. The molecule has 0 aliphatic rings. The molecule has 5 aromatic rings. The number of alkyl halides is 3. The van der Waals surface area contributed by atoms with Crippen molar-refractivity contribution >= 4 is 27.8 Å². The van der Waals surface area contributed by atoms with Gasteiger partial charge in [0.2, 0.25) is 0 Å². The lowest BCUT2D eigenvalue weighted by Crippen LogP contribution is -2.05. The van der Waals surface area contributed by atoms with Crippen LogP contribution in [0.25, 0.3) is 27.5 Å². The zero-order chi connectivity index (χ0) is 24.0. The third-order valence-electron chi connectivity index (χ3n) is 5.85. The van der Waals surface area contributed by atoms with E-state index in [9.17, 15) is 27.5 Å². The van der Waals surface area contributed by atoms with Crippen LogP contribution in [-0.2, 0) is 12.6 Å². The van der Waals surface area contributed by atoms with Gasteiger partial charge in [0, 0.05) is 16.5 Å². The topological polar surface area (TPSA) is 42.2 Å². The van der Waals surface area contributed by atoms with Gasteiger partial charge in [-0.2, -0.15) is 13.2 Å². The number of carboxylic acids is 1. The second kappa shape index (κ2) is 8.02. The van der Waals surface area contributed by atoms with Crippen LogP contribution in [-0.4, -0.2) is 15.6 Å². The summed E-state index contributed by atoms with van der Waals surface area (Å²) >= 11 is 0. The highest BCUT2D eigenvalue weighted by Crippen LogP contribution is 2.35. The molecule has 34 heavy (non-hydrogen) atoms. The molecule has 0 unspecified atom stereocenters. The number of hydrogen-bond acceptors (Lipinski definition) is 1. The van der Waals surface area contributed by atoms with Crippen molar-refractivity contribution in [3.8, 4) is 5.69 Å². The van der Waals surface area contributed by atoms with Gasteiger partial charge in [-0.15, -0.1) is 0 Å². The molecular weight excluding hydrogens is 446 g/mol. The highest BCUT2D eigenvalue weighted by atomic mass is 19.4. The van der Waals surface area contributed by atoms with Gasteiger partial charge in [-0.05, 0) is 84.3 Å². The Bertz CT molecular complexity index is 1530. The number of aromatic nitrogens is 1. The highest BCUT2D eigenvalue weighted by molar-refractivity contribution is 6.11. The van der Waals surface area contributed by atoms with E-state index < -0.39 is 17.7 Å². The van der Waals surface area contributed by atoms with E-state index in [0.29, 0.717) is 23.0 Å². The van der Waals surface area contributed by atoms with Crippen LogP contribution in [0.2, 0.25) is 0 Å². The largest absolute Gasteiger partial charge is 0.478 e. The SMILES string of the molecule is O=C(O)c1ccc2c(c1)c1cc(Cc3ccc(F)cc3)ccc1n2-c1ccc(C(F)(F)F)cc1. The van der Waals surface area contributed by atoms with E-state index in [-0.39, 0.29) is 11.4 Å². The fourth-order valence-electron chi connectivity index (χ4n) is 4.23. The second-order valence-electron chi connectivity index (χ2n) is 8.07. The van der Waals surface area contributed by atoms with Gasteiger partial charge in [0.15, 0.2) is 0 Å². The summed E-state index contributed by atoms with van der Waals surface area (Å²) in [7, 11) is 0. The van der Waals surface area contributed by atoms with Crippen LogP contribution in [0, 0.1) is 5.82 Å². The molecular formula is C27H17F4NO2. The number of rotatable bonds is 4. The van der Waals surface area contributed by atoms with Crippen molar-refractivity contribution in [3.63, 3.8) is 0 Å². The average Bonchev–Trinajstić information content (AvgIpc) is 3.13. The number of benzene rings is 4. The molecule has 0 fully saturated rings. The number of hydrogen-bond donors (Lipinski definition) is 1. The Kier molecular flexibility index (Phi) is 5.12. The zero-order valence-corrected chi connectivity index (χ0v) is 17.6. The highest BCUT2D eigenvalue weighted by Gasteiger charge is 2.30. The van der Waals surface area contributed by atoms with E-state index in [1.165, 1.54) is 30.3 Å². The van der Waals surface area contributed by atoms with Crippen molar-refractivity contribution in [1.29, 1.82) is 0 Å². The first kappa shape index (κ1) is 21.7. The Morgan fingerprint density at radius 1 is 0.765 bits per heavy atom. The van der Waals surface area contributed by atoms with Gasteiger partial charge in [0.25, 0.3) is 0 Å². The first-order chi connectivity index (χ1) is 16.2. The Labute approximate surface area is 191 Å². The fraction of sp³-hybridized carbons (Fsp3) is 0.0741. The predicted molar refractivity (Wildman–Crippen MR) is 122 cm³/mol. The summed E-state index contributed by atoms with van der Waals surface area (Å²) in [6.07, 6.45) is -3.90. The first-order valence-corrected chi connectivity index (χ1v) is 10.4. The monoisotopic (exact) mass is 463 g/mol. The van der Waals surface area contributed by atoms with Gasteiger partial charge in [0.1, 0.15) is 5.82 Å². The molecule has 3 nitrogen and oxygen atoms in total. The Morgan fingerprint density at radius 3 is 1.97 bits per heavy atom. The molecule has 7 heteroatoms. The van der Waals surface area contributed by atoms with Crippen LogP contribution in [0.15, 0.2) is 84.9 Å². The van der Waals surface area contributed by atoms with E-state index >= 15 is 0 Å². The van der Waals surface area contributed by atoms with Crippen LogP contribution in [0.4, 0.5) is 17.6 Å². The van der Waals surface area contributed by atoms with Gasteiger partial charge >= 0.3 is 12.1 Å². The summed E-state index contributed by atoms with van der Waals surface area (Å²) in [5.41, 5.74) is 3.17. The number of fused-ring (bicyclic) bond motifs is 3. The molecule has 0 saturated heterocycles. The molecule has 0 bridgehead atoms. The second-order valence-corrected chi connectivity index (χ2v) is 8.07. The smallest absolute Gasteiger partial charge is 0.416 e. The third-order valence-corrected chi connectivity index (χ3v) is 5.85. The lowest BCUT2D eigenvalue weighted by atomic mass is 10.0. The quantitative estimate of drug-likeness (QED) is 0.286. The zero-order valence-electron chi connectivity index (χ0n) is 17.6. The summed E-state index contributed by atoms with van der Waals surface area (Å²) in [5.74, 6) is -1.39. The molecule has 0 radical (unpaired) electrons. The molecule has 0 saturated carbocycles. The normalized spacial score (nSPS) is 11.9. The molecule has 4 aromatic carbocycles. The summed E-state index contributed by atoms with van der Waals surface area (Å²) < 4.78 is 54.2. The van der Waals surface area contributed by atoms with E-state index in [1.54, 1.807) is 24.3 Å². The van der Waals surface area contributed by atoms with Crippen molar-refractivity contribution in [1.82, 2.24) is 4.57 Å². The molecule has 1 N–H and O–H groups in total. The fourth-order valence-corrected chi connectivity index (χ4v) is 4.23. The maximum Gasteiger partial charge on any atom is 0.416 e. The summed E-state index contributed by atoms with van der Waals surface area (Å²) in [4.78, 5) is 11.6.